The van der Waals surface area contributed by atoms with Crippen molar-refractivity contribution < 1.29 is 4.79 Å². The molecule has 0 spiro atoms. The molecule has 3 heteroatoms. The summed E-state index contributed by atoms with van der Waals surface area (Å²) in [6.45, 7) is 0. The van der Waals surface area contributed by atoms with Gasteiger partial charge in [0.15, 0.2) is 0 Å². The fraction of sp³-hybridized carbons (Fsp3) is 0.933. The Kier molecular flexibility index (Phi) is 15.0. The number of nitrogens with two attached hydrogens (primary N) is 1. The number of alkyl halides is 1. The number of unbranched alkanes of at least 4 members (excludes halogenated alkanes) is 11. The molecule has 0 saturated carbocycles. The minimum Gasteiger partial charge on any atom is -0.370 e. The fourth-order valence-corrected chi connectivity index (χ4v) is 2.56. The van der Waals surface area contributed by atoms with Crippen LogP contribution in [0.2, 0.25) is 0 Å². The first-order chi connectivity index (χ1) is 8.77. The molecule has 108 valence electrons. The SMILES string of the molecule is NC(=O)CCCCCCCCCCCCCCBr. The van der Waals surface area contributed by atoms with Crippen LogP contribution >= 0.6 is 15.9 Å². The molecule has 18 heavy (non-hydrogen) atoms. The van der Waals surface area contributed by atoms with Gasteiger partial charge in [-0.1, -0.05) is 80.1 Å². The number of halogens is 1. The van der Waals surface area contributed by atoms with Gasteiger partial charge in [0.05, 0.1) is 0 Å². The van der Waals surface area contributed by atoms with E-state index in [-0.39, 0.29) is 5.91 Å². The summed E-state index contributed by atoms with van der Waals surface area (Å²) >= 11 is 3.46. The standard InChI is InChI=1S/C15H30BrNO/c16-14-12-10-8-6-4-2-1-3-5-7-9-11-13-15(17)18/h1-14H2,(H2,17,18). The van der Waals surface area contributed by atoms with Crippen LogP contribution in [-0.2, 0) is 4.79 Å². The van der Waals surface area contributed by atoms with Gasteiger partial charge in [0.2, 0.25) is 5.91 Å². The van der Waals surface area contributed by atoms with E-state index in [4.69, 9.17) is 5.73 Å². The average molecular weight is 320 g/mol. The van der Waals surface area contributed by atoms with Gasteiger partial charge in [-0.25, -0.2) is 0 Å². The van der Waals surface area contributed by atoms with Crippen molar-refractivity contribution in [2.45, 2.75) is 83.5 Å². The van der Waals surface area contributed by atoms with Crippen molar-refractivity contribution in [3.8, 4) is 0 Å². The predicted molar refractivity (Wildman–Crippen MR) is 83.0 cm³/mol. The first-order valence-corrected chi connectivity index (χ1v) is 8.74. The third-order valence-electron chi connectivity index (χ3n) is 3.31. The molecule has 0 fully saturated rings. The largest absolute Gasteiger partial charge is 0.370 e. The van der Waals surface area contributed by atoms with Crippen molar-refractivity contribution in [3.63, 3.8) is 0 Å². The van der Waals surface area contributed by atoms with Gasteiger partial charge in [-0.15, -0.1) is 0 Å². The lowest BCUT2D eigenvalue weighted by atomic mass is 10.0. The lowest BCUT2D eigenvalue weighted by Crippen LogP contribution is -2.09. The summed E-state index contributed by atoms with van der Waals surface area (Å²) in [4.78, 5) is 10.5. The third-order valence-corrected chi connectivity index (χ3v) is 3.87. The van der Waals surface area contributed by atoms with Gasteiger partial charge < -0.3 is 5.73 Å². The summed E-state index contributed by atoms with van der Waals surface area (Å²) < 4.78 is 0. The lowest BCUT2D eigenvalue weighted by Gasteiger charge is -2.02. The van der Waals surface area contributed by atoms with Crippen molar-refractivity contribution in [1.29, 1.82) is 0 Å². The molecular weight excluding hydrogens is 290 g/mol. The van der Waals surface area contributed by atoms with Crippen LogP contribution in [0.3, 0.4) is 0 Å². The highest BCUT2D eigenvalue weighted by atomic mass is 79.9. The van der Waals surface area contributed by atoms with E-state index in [0.29, 0.717) is 6.42 Å². The zero-order valence-electron chi connectivity index (χ0n) is 11.8. The third kappa shape index (κ3) is 16.0. The number of primary amides is 1. The van der Waals surface area contributed by atoms with Gasteiger partial charge in [-0.05, 0) is 12.8 Å². The van der Waals surface area contributed by atoms with E-state index in [1.54, 1.807) is 0 Å². The highest BCUT2D eigenvalue weighted by Crippen LogP contribution is 2.12. The first kappa shape index (κ1) is 17.9. The Morgan fingerprint density at radius 2 is 1.00 bits per heavy atom. The maximum Gasteiger partial charge on any atom is 0.217 e. The first-order valence-electron chi connectivity index (χ1n) is 7.61. The minimum atomic E-state index is -0.157. The fourth-order valence-electron chi connectivity index (χ4n) is 2.16. The molecule has 2 nitrogen and oxygen atoms in total. The summed E-state index contributed by atoms with van der Waals surface area (Å²) in [5, 5.41) is 1.16. The minimum absolute atomic E-state index is 0.157. The lowest BCUT2D eigenvalue weighted by molar-refractivity contribution is -0.118. The number of carbonyl (C=O) groups is 1. The van der Waals surface area contributed by atoms with E-state index in [1.165, 1.54) is 64.2 Å². The Balaban J connectivity index is 2.92. The quantitative estimate of drug-likeness (QED) is 0.357. The van der Waals surface area contributed by atoms with Crippen molar-refractivity contribution in [2.75, 3.05) is 5.33 Å². The number of amides is 1. The van der Waals surface area contributed by atoms with Crippen LogP contribution in [0, 0.1) is 0 Å². The second-order valence-corrected chi connectivity index (χ2v) is 5.94. The molecule has 0 bridgehead atoms. The van der Waals surface area contributed by atoms with Crippen LogP contribution in [0.15, 0.2) is 0 Å². The summed E-state index contributed by atoms with van der Waals surface area (Å²) in [7, 11) is 0. The normalized spacial score (nSPS) is 10.7. The Bertz CT molecular complexity index is 185. The molecule has 0 aliphatic rings. The van der Waals surface area contributed by atoms with Crippen LogP contribution < -0.4 is 5.73 Å². The second-order valence-electron chi connectivity index (χ2n) is 5.15. The van der Waals surface area contributed by atoms with Crippen LogP contribution in [0.25, 0.3) is 0 Å². The number of carbonyl (C=O) groups excluding carboxylic acids is 1. The molecule has 2 N–H and O–H groups in total. The molecule has 0 saturated heterocycles. The van der Waals surface area contributed by atoms with Crippen LogP contribution in [0.1, 0.15) is 83.5 Å². The van der Waals surface area contributed by atoms with E-state index in [1.807, 2.05) is 0 Å². The van der Waals surface area contributed by atoms with Crippen LogP contribution in [0.4, 0.5) is 0 Å². The average Bonchev–Trinajstić information content (AvgIpc) is 2.34. The molecule has 0 atom stereocenters. The molecule has 0 radical (unpaired) electrons. The predicted octanol–water partition coefficient (Wildman–Crippen LogP) is 4.94. The van der Waals surface area contributed by atoms with E-state index in [2.05, 4.69) is 15.9 Å². The molecule has 0 heterocycles. The highest BCUT2D eigenvalue weighted by molar-refractivity contribution is 9.09. The summed E-state index contributed by atoms with van der Waals surface area (Å²) in [5.74, 6) is -0.157. The van der Waals surface area contributed by atoms with Gasteiger partial charge in [0.1, 0.15) is 0 Å². The van der Waals surface area contributed by atoms with E-state index >= 15 is 0 Å². The number of rotatable bonds is 14. The number of hydrogen-bond donors (Lipinski definition) is 1. The van der Waals surface area contributed by atoms with Gasteiger partial charge in [0, 0.05) is 11.8 Å². The Labute approximate surface area is 121 Å². The maximum absolute atomic E-state index is 10.5. The molecule has 0 aliphatic heterocycles. The zero-order valence-corrected chi connectivity index (χ0v) is 13.3. The maximum atomic E-state index is 10.5. The molecule has 1 amide bonds. The number of hydrogen-bond acceptors (Lipinski definition) is 1. The Morgan fingerprint density at radius 1 is 0.667 bits per heavy atom. The van der Waals surface area contributed by atoms with Gasteiger partial charge >= 0.3 is 0 Å². The molecule has 0 unspecified atom stereocenters. The van der Waals surface area contributed by atoms with Crippen molar-refractivity contribution in [3.05, 3.63) is 0 Å². The van der Waals surface area contributed by atoms with E-state index in [9.17, 15) is 4.79 Å². The molecule has 0 aliphatic carbocycles. The van der Waals surface area contributed by atoms with Crippen molar-refractivity contribution in [1.82, 2.24) is 0 Å². The molecule has 0 aromatic carbocycles. The topological polar surface area (TPSA) is 43.1 Å². The van der Waals surface area contributed by atoms with Crippen LogP contribution in [0.5, 0.6) is 0 Å². The van der Waals surface area contributed by atoms with Gasteiger partial charge in [-0.3, -0.25) is 4.79 Å². The van der Waals surface area contributed by atoms with Crippen LogP contribution in [-0.4, -0.2) is 11.2 Å². The zero-order chi connectivity index (χ0) is 13.5. The van der Waals surface area contributed by atoms with E-state index in [0.717, 1.165) is 18.2 Å². The summed E-state index contributed by atoms with van der Waals surface area (Å²) in [5.41, 5.74) is 5.09. The summed E-state index contributed by atoms with van der Waals surface area (Å²) in [6.07, 6.45) is 16.3. The van der Waals surface area contributed by atoms with Crippen molar-refractivity contribution in [2.24, 2.45) is 5.73 Å². The highest BCUT2D eigenvalue weighted by Gasteiger charge is 1.95. The van der Waals surface area contributed by atoms with Gasteiger partial charge in [-0.2, -0.15) is 0 Å². The molecule has 0 aromatic rings. The Hall–Kier alpha value is -0.0500. The smallest absolute Gasteiger partial charge is 0.217 e. The molecular formula is C15H30BrNO. The second kappa shape index (κ2) is 15.0. The monoisotopic (exact) mass is 319 g/mol. The molecule has 0 aromatic heterocycles. The van der Waals surface area contributed by atoms with Crippen molar-refractivity contribution >= 4 is 21.8 Å². The summed E-state index contributed by atoms with van der Waals surface area (Å²) in [6, 6.07) is 0. The molecule has 0 rings (SSSR count). The van der Waals surface area contributed by atoms with Gasteiger partial charge in [0.25, 0.3) is 0 Å². The Morgan fingerprint density at radius 3 is 1.33 bits per heavy atom. The van der Waals surface area contributed by atoms with E-state index < -0.39 is 0 Å².